The van der Waals surface area contributed by atoms with Crippen molar-refractivity contribution in [1.29, 1.82) is 0 Å². The van der Waals surface area contributed by atoms with E-state index in [1.54, 1.807) is 0 Å². The van der Waals surface area contributed by atoms with E-state index in [2.05, 4.69) is 154 Å². The van der Waals surface area contributed by atoms with Crippen LogP contribution < -0.4 is 0 Å². The van der Waals surface area contributed by atoms with Crippen molar-refractivity contribution in [3.8, 4) is 0 Å². The third-order valence-corrected chi connectivity index (χ3v) is 26.2. The first-order valence-corrected chi connectivity index (χ1v) is 28.7. The summed E-state index contributed by atoms with van der Waals surface area (Å²) >= 11 is 0. The normalized spacial score (nSPS) is 24.8. The first-order valence-electron chi connectivity index (χ1n) is 20.0. The van der Waals surface area contributed by atoms with E-state index < -0.39 is 25.0 Å². The average Bonchev–Trinajstić information content (AvgIpc) is 2.90. The van der Waals surface area contributed by atoms with Gasteiger partial charge in [0.25, 0.3) is 0 Å². The highest BCUT2D eigenvalue weighted by molar-refractivity contribution is 6.75. The standard InChI is InChI=1S/C42H84O5Si3/c1-31(29-34(4)38(47-50(19,20)42(12,13)14)30-35(5)45-48(15,16)40(6,7)8)28-33(3)36-25-22-21-24-32(2)37(26-23-27-39(43)44-36)46-49(17,18)41(9,10)11/h21-22,29,32-38H,23-28,30H2,1-20H3/b22-21+,31-29+/t32-,33-,34+,35+,36+,37-,38+/m0/s1. The lowest BCUT2D eigenvalue weighted by atomic mass is 9.90. The summed E-state index contributed by atoms with van der Waals surface area (Å²) in [5.41, 5.74) is 1.33. The van der Waals surface area contributed by atoms with Crippen molar-refractivity contribution in [1.82, 2.24) is 0 Å². The van der Waals surface area contributed by atoms with Gasteiger partial charge in [-0.2, -0.15) is 0 Å². The molecular weight excluding hydrogens is 669 g/mol. The third kappa shape index (κ3) is 15.1. The van der Waals surface area contributed by atoms with E-state index in [-0.39, 0.29) is 57.3 Å². The molecule has 1 rings (SSSR count). The predicted molar refractivity (Wildman–Crippen MR) is 224 cm³/mol. The number of allylic oxidation sites excluding steroid dienone is 2. The predicted octanol–water partition coefficient (Wildman–Crippen LogP) is 13.2. The minimum atomic E-state index is -2.01. The zero-order chi connectivity index (χ0) is 39.1. The van der Waals surface area contributed by atoms with E-state index in [0.717, 1.165) is 38.5 Å². The highest BCUT2D eigenvalue weighted by Crippen LogP contribution is 2.42. The van der Waals surface area contributed by atoms with E-state index in [9.17, 15) is 4.79 Å². The molecule has 0 aromatic rings. The van der Waals surface area contributed by atoms with Gasteiger partial charge in [0.15, 0.2) is 25.0 Å². The third-order valence-electron chi connectivity index (χ3n) is 12.6. The Bertz CT molecular complexity index is 1110. The molecule has 1 aliphatic heterocycles. The summed E-state index contributed by atoms with van der Waals surface area (Å²) in [6.07, 6.45) is 12.8. The van der Waals surface area contributed by atoms with Gasteiger partial charge in [0.2, 0.25) is 0 Å². The molecule has 0 saturated heterocycles. The van der Waals surface area contributed by atoms with Crippen LogP contribution in [0.25, 0.3) is 0 Å². The first-order chi connectivity index (χ1) is 22.4. The Morgan fingerprint density at radius 3 is 1.86 bits per heavy atom. The van der Waals surface area contributed by atoms with Crippen LogP contribution in [0.2, 0.25) is 54.4 Å². The fourth-order valence-electron chi connectivity index (χ4n) is 6.02. The lowest BCUT2D eigenvalue weighted by Gasteiger charge is -2.43. The van der Waals surface area contributed by atoms with E-state index in [1.165, 1.54) is 5.57 Å². The minimum absolute atomic E-state index is 0.0782. The van der Waals surface area contributed by atoms with E-state index in [4.69, 9.17) is 18.0 Å². The largest absolute Gasteiger partial charge is 0.462 e. The Balaban J connectivity index is 3.14. The number of hydrogen-bond donors (Lipinski definition) is 0. The van der Waals surface area contributed by atoms with Gasteiger partial charge in [-0.25, -0.2) is 0 Å². The van der Waals surface area contributed by atoms with Crippen LogP contribution in [0.3, 0.4) is 0 Å². The van der Waals surface area contributed by atoms with Crippen LogP contribution in [0.15, 0.2) is 23.8 Å². The fraction of sp³-hybridized carbons (Fsp3) is 0.881. The molecule has 294 valence electrons. The van der Waals surface area contributed by atoms with Crippen LogP contribution in [-0.4, -0.2) is 55.3 Å². The Morgan fingerprint density at radius 1 is 0.840 bits per heavy atom. The first kappa shape index (κ1) is 47.5. The summed E-state index contributed by atoms with van der Waals surface area (Å²) in [6.45, 7) is 46.2. The van der Waals surface area contributed by atoms with Gasteiger partial charge in [-0.05, 0) is 118 Å². The molecule has 0 fully saturated rings. The van der Waals surface area contributed by atoms with Gasteiger partial charge in [-0.1, -0.05) is 107 Å². The second-order valence-electron chi connectivity index (χ2n) is 20.7. The number of rotatable bonds is 13. The maximum absolute atomic E-state index is 13.2. The van der Waals surface area contributed by atoms with Gasteiger partial charge >= 0.3 is 5.97 Å². The van der Waals surface area contributed by atoms with Gasteiger partial charge in [0, 0.05) is 25.0 Å². The molecule has 8 heteroatoms. The molecule has 50 heavy (non-hydrogen) atoms. The molecule has 0 aliphatic carbocycles. The maximum atomic E-state index is 13.2. The van der Waals surface area contributed by atoms with Gasteiger partial charge in [-0.3, -0.25) is 4.79 Å². The van der Waals surface area contributed by atoms with Crippen molar-refractivity contribution < 1.29 is 22.8 Å². The fourth-order valence-corrected chi connectivity index (χ4v) is 10.4. The molecule has 0 unspecified atom stereocenters. The van der Waals surface area contributed by atoms with Gasteiger partial charge in [0.05, 0.1) is 6.10 Å². The monoisotopic (exact) mass is 753 g/mol. The maximum Gasteiger partial charge on any atom is 0.306 e. The van der Waals surface area contributed by atoms with Crippen molar-refractivity contribution >= 4 is 30.9 Å². The average molecular weight is 753 g/mol. The summed E-state index contributed by atoms with van der Waals surface area (Å²) in [5.74, 6) is 0.782. The molecule has 0 bridgehead atoms. The molecule has 1 aliphatic rings. The van der Waals surface area contributed by atoms with Gasteiger partial charge < -0.3 is 18.0 Å². The zero-order valence-electron chi connectivity index (χ0n) is 36.8. The van der Waals surface area contributed by atoms with Crippen LogP contribution in [-0.2, 0) is 22.8 Å². The zero-order valence-corrected chi connectivity index (χ0v) is 39.8. The van der Waals surface area contributed by atoms with Crippen LogP contribution in [0, 0.1) is 17.8 Å². The number of carbonyl (C=O) groups excluding carboxylic acids is 1. The number of esters is 1. The number of cyclic esters (lactones) is 1. The smallest absolute Gasteiger partial charge is 0.306 e. The SMILES string of the molecule is C/C(=C\[C@@H](C)[C@@H](C[C@@H](C)O[Si](C)(C)C(C)(C)C)O[Si](C)(C)C(C)(C)C)C[C@H](C)[C@H]1C/C=C/C[C@H](C)[C@@H](O[Si](C)(C)C(C)(C)C)CCCC(=O)O1. The highest BCUT2D eigenvalue weighted by atomic mass is 28.4. The number of ether oxygens (including phenoxy) is 1. The van der Waals surface area contributed by atoms with Crippen molar-refractivity contribution in [2.24, 2.45) is 17.8 Å². The summed E-state index contributed by atoms with van der Waals surface area (Å²) in [5, 5.41) is 0.458. The molecule has 0 radical (unpaired) electrons. The Hall–Kier alpha value is -0.519. The van der Waals surface area contributed by atoms with E-state index >= 15 is 0 Å². The Labute approximate surface area is 314 Å². The summed E-state index contributed by atoms with van der Waals surface area (Å²) < 4.78 is 27.1. The van der Waals surface area contributed by atoms with Crippen molar-refractivity contribution in [2.75, 3.05) is 0 Å². The molecule has 0 N–H and O–H groups in total. The highest BCUT2D eigenvalue weighted by Gasteiger charge is 2.43. The van der Waals surface area contributed by atoms with Crippen molar-refractivity contribution in [3.63, 3.8) is 0 Å². The second-order valence-corrected chi connectivity index (χ2v) is 34.9. The molecule has 0 aromatic heterocycles. The molecule has 0 amide bonds. The molecule has 1 heterocycles. The lowest BCUT2D eigenvalue weighted by molar-refractivity contribution is -0.151. The molecule has 0 aromatic carbocycles. The molecule has 7 atom stereocenters. The molecule has 0 spiro atoms. The lowest BCUT2D eigenvalue weighted by Crippen LogP contribution is -2.48. The van der Waals surface area contributed by atoms with Gasteiger partial charge in [0.1, 0.15) is 6.10 Å². The topological polar surface area (TPSA) is 54.0 Å². The van der Waals surface area contributed by atoms with Crippen LogP contribution in [0.5, 0.6) is 0 Å². The minimum Gasteiger partial charge on any atom is -0.462 e. The van der Waals surface area contributed by atoms with E-state index in [1.807, 2.05) is 0 Å². The number of hydrogen-bond acceptors (Lipinski definition) is 5. The second kappa shape index (κ2) is 18.7. The molecular formula is C42H84O5Si3. The summed E-state index contributed by atoms with van der Waals surface area (Å²) in [4.78, 5) is 13.2. The van der Waals surface area contributed by atoms with Crippen molar-refractivity contribution in [2.45, 2.75) is 221 Å². The Kier molecular flexibility index (Phi) is 17.8. The number of carbonyl (C=O) groups is 1. The summed E-state index contributed by atoms with van der Waals surface area (Å²) in [6, 6.07) is 0. The van der Waals surface area contributed by atoms with Crippen molar-refractivity contribution in [3.05, 3.63) is 23.8 Å². The van der Waals surface area contributed by atoms with Crippen LogP contribution in [0.4, 0.5) is 0 Å². The molecule has 0 saturated carbocycles. The van der Waals surface area contributed by atoms with Gasteiger partial charge in [-0.15, -0.1) is 0 Å². The van der Waals surface area contributed by atoms with Crippen LogP contribution >= 0.6 is 0 Å². The Morgan fingerprint density at radius 2 is 1.34 bits per heavy atom. The van der Waals surface area contributed by atoms with Crippen LogP contribution in [0.1, 0.15) is 142 Å². The molecule has 5 nitrogen and oxygen atoms in total. The quantitative estimate of drug-likeness (QED) is 0.106. The van der Waals surface area contributed by atoms with E-state index in [0.29, 0.717) is 12.3 Å². The summed E-state index contributed by atoms with van der Waals surface area (Å²) in [7, 11) is -5.82.